The normalized spacial score (nSPS) is 27.5. The highest BCUT2D eigenvalue weighted by molar-refractivity contribution is 5.01. The van der Waals surface area contributed by atoms with Crippen LogP contribution in [0, 0.1) is 5.92 Å². The van der Waals surface area contributed by atoms with Crippen molar-refractivity contribution in [3.05, 3.63) is 12.2 Å². The highest BCUT2D eigenvalue weighted by atomic mass is 15.2. The summed E-state index contributed by atoms with van der Waals surface area (Å²) in [7, 11) is 0. The molecule has 0 aromatic heterocycles. The van der Waals surface area contributed by atoms with Crippen LogP contribution in [0.25, 0.3) is 0 Å². The van der Waals surface area contributed by atoms with Crippen molar-refractivity contribution in [2.45, 2.75) is 19.8 Å². The molecule has 17 heavy (non-hydrogen) atoms. The molecule has 0 aliphatic carbocycles. The highest BCUT2D eigenvalue weighted by Crippen LogP contribution is 2.22. The maximum Gasteiger partial charge on any atom is 0.0191 e. The third-order valence-electron chi connectivity index (χ3n) is 4.05. The summed E-state index contributed by atoms with van der Waals surface area (Å²) < 4.78 is 0. The zero-order valence-electron chi connectivity index (χ0n) is 11.2. The molecule has 0 radical (unpaired) electrons. The van der Waals surface area contributed by atoms with Gasteiger partial charge < -0.3 is 10.2 Å². The molecule has 0 aromatic carbocycles. The zero-order chi connectivity index (χ0) is 12.1. The Morgan fingerprint density at radius 3 is 2.65 bits per heavy atom. The number of nitrogens with zero attached hydrogens (tertiary/aromatic N) is 2. The summed E-state index contributed by atoms with van der Waals surface area (Å²) in [5.41, 5.74) is 1.44. The van der Waals surface area contributed by atoms with Crippen molar-refractivity contribution in [1.29, 1.82) is 0 Å². The van der Waals surface area contributed by atoms with Gasteiger partial charge in [-0.3, -0.25) is 4.90 Å². The molecule has 0 bridgehead atoms. The van der Waals surface area contributed by atoms with E-state index in [4.69, 9.17) is 0 Å². The lowest BCUT2D eigenvalue weighted by Crippen LogP contribution is -2.44. The van der Waals surface area contributed by atoms with Crippen LogP contribution in [-0.4, -0.2) is 62.2 Å². The number of hydrogen-bond donors (Lipinski definition) is 1. The molecule has 3 nitrogen and oxygen atoms in total. The second kappa shape index (κ2) is 6.53. The van der Waals surface area contributed by atoms with E-state index in [1.165, 1.54) is 51.1 Å². The van der Waals surface area contributed by atoms with Gasteiger partial charge >= 0.3 is 0 Å². The molecule has 2 saturated heterocycles. The molecule has 2 rings (SSSR count). The summed E-state index contributed by atoms with van der Waals surface area (Å²) in [6, 6.07) is 0. The summed E-state index contributed by atoms with van der Waals surface area (Å²) in [6.45, 7) is 16.1. The molecule has 1 atom stereocenters. The fourth-order valence-electron chi connectivity index (χ4n) is 3.02. The third-order valence-corrected chi connectivity index (χ3v) is 4.05. The Hall–Kier alpha value is -0.380. The van der Waals surface area contributed by atoms with Crippen LogP contribution in [0.1, 0.15) is 19.8 Å². The van der Waals surface area contributed by atoms with Crippen LogP contribution in [-0.2, 0) is 0 Å². The molecule has 2 fully saturated rings. The molecule has 0 aromatic rings. The largest absolute Gasteiger partial charge is 0.314 e. The van der Waals surface area contributed by atoms with E-state index in [0.717, 1.165) is 25.6 Å². The van der Waals surface area contributed by atoms with Gasteiger partial charge in [-0.2, -0.15) is 0 Å². The van der Waals surface area contributed by atoms with Gasteiger partial charge in [0.25, 0.3) is 0 Å². The average Bonchev–Trinajstić information content (AvgIpc) is 2.78. The van der Waals surface area contributed by atoms with E-state index in [-0.39, 0.29) is 0 Å². The van der Waals surface area contributed by atoms with Gasteiger partial charge in [0.2, 0.25) is 0 Å². The van der Waals surface area contributed by atoms with Crippen molar-refractivity contribution in [3.8, 4) is 0 Å². The Bertz CT molecular complexity index is 246. The molecule has 98 valence electrons. The van der Waals surface area contributed by atoms with Crippen LogP contribution >= 0.6 is 0 Å². The molecule has 2 aliphatic heterocycles. The molecular weight excluding hydrogens is 210 g/mol. The monoisotopic (exact) mass is 237 g/mol. The quantitative estimate of drug-likeness (QED) is 0.724. The minimum absolute atomic E-state index is 0.866. The number of piperazine rings is 1. The lowest BCUT2D eigenvalue weighted by atomic mass is 9.99. The van der Waals surface area contributed by atoms with Crippen molar-refractivity contribution in [3.63, 3.8) is 0 Å². The second-order valence-corrected chi connectivity index (χ2v) is 5.53. The number of rotatable bonds is 5. The Labute approximate surface area is 106 Å². The Morgan fingerprint density at radius 2 is 2.00 bits per heavy atom. The summed E-state index contributed by atoms with van der Waals surface area (Å²) in [5.74, 6) is 0.866. The van der Waals surface area contributed by atoms with Gasteiger partial charge in [-0.25, -0.2) is 0 Å². The van der Waals surface area contributed by atoms with E-state index in [0.29, 0.717) is 0 Å². The summed E-state index contributed by atoms with van der Waals surface area (Å²) in [6.07, 6.45) is 2.61. The zero-order valence-corrected chi connectivity index (χ0v) is 11.2. The summed E-state index contributed by atoms with van der Waals surface area (Å²) in [4.78, 5) is 5.09. The molecule has 1 N–H and O–H groups in total. The van der Waals surface area contributed by atoms with Gasteiger partial charge in [0.1, 0.15) is 0 Å². The maximum absolute atomic E-state index is 4.28. The van der Waals surface area contributed by atoms with Gasteiger partial charge in [-0.1, -0.05) is 19.1 Å². The number of nitrogens with one attached hydrogen (secondary N) is 1. The van der Waals surface area contributed by atoms with Crippen LogP contribution in [0.5, 0.6) is 0 Å². The molecule has 1 unspecified atom stereocenters. The predicted octanol–water partition coefficient (Wildman–Crippen LogP) is 1.18. The number of likely N-dealkylation sites (tertiary alicyclic amines) is 1. The predicted molar refractivity (Wildman–Crippen MR) is 73.3 cm³/mol. The fourth-order valence-corrected chi connectivity index (χ4v) is 3.02. The van der Waals surface area contributed by atoms with Gasteiger partial charge in [0, 0.05) is 39.3 Å². The van der Waals surface area contributed by atoms with Crippen molar-refractivity contribution >= 4 is 0 Å². The molecular formula is C14H27N3. The molecule has 2 aliphatic rings. The van der Waals surface area contributed by atoms with Gasteiger partial charge in [0.05, 0.1) is 0 Å². The van der Waals surface area contributed by atoms with Crippen molar-refractivity contribution < 1.29 is 0 Å². The van der Waals surface area contributed by atoms with Crippen molar-refractivity contribution in [2.24, 2.45) is 5.92 Å². The van der Waals surface area contributed by atoms with Crippen molar-refractivity contribution in [2.75, 3.05) is 52.4 Å². The topological polar surface area (TPSA) is 18.5 Å². The fraction of sp³-hybridized carbons (Fsp3) is 0.857. The van der Waals surface area contributed by atoms with Crippen LogP contribution in [0.2, 0.25) is 0 Å². The van der Waals surface area contributed by atoms with Crippen LogP contribution in [0.15, 0.2) is 12.2 Å². The van der Waals surface area contributed by atoms with Crippen molar-refractivity contribution in [1.82, 2.24) is 15.1 Å². The first-order valence-electron chi connectivity index (χ1n) is 7.10. The van der Waals surface area contributed by atoms with E-state index in [1.807, 2.05) is 0 Å². The Morgan fingerprint density at radius 1 is 1.24 bits per heavy atom. The molecule has 0 amide bonds. The average molecular weight is 237 g/mol. The van der Waals surface area contributed by atoms with Gasteiger partial charge in [0.15, 0.2) is 0 Å². The lowest BCUT2D eigenvalue weighted by Gasteiger charge is -2.28. The smallest absolute Gasteiger partial charge is 0.0191 e. The molecule has 3 heteroatoms. The highest BCUT2D eigenvalue weighted by Gasteiger charge is 2.22. The summed E-state index contributed by atoms with van der Waals surface area (Å²) >= 11 is 0. The Balaban J connectivity index is 1.66. The first kappa shape index (κ1) is 13.1. The minimum atomic E-state index is 0.866. The van der Waals surface area contributed by atoms with Crippen LogP contribution in [0.3, 0.4) is 0 Å². The van der Waals surface area contributed by atoms with E-state index in [2.05, 4.69) is 28.6 Å². The second-order valence-electron chi connectivity index (χ2n) is 5.53. The maximum atomic E-state index is 4.28. The van der Waals surface area contributed by atoms with Gasteiger partial charge in [-0.05, 0) is 31.8 Å². The molecule has 2 heterocycles. The van der Waals surface area contributed by atoms with E-state index < -0.39 is 0 Å². The molecule has 0 saturated carbocycles. The molecule has 0 spiro atoms. The first-order chi connectivity index (χ1) is 8.28. The van der Waals surface area contributed by atoms with E-state index in [9.17, 15) is 0 Å². The van der Waals surface area contributed by atoms with Gasteiger partial charge in [-0.15, -0.1) is 0 Å². The first-order valence-corrected chi connectivity index (χ1v) is 7.10. The lowest BCUT2D eigenvalue weighted by molar-refractivity contribution is 0.255. The third kappa shape index (κ3) is 4.09. The standard InChI is InChI=1S/C14H27N3/c1-3-16-7-4-14(12-16)10-13(2)11-17-8-5-15-6-9-17/h14-15H,2-12H2,1H3. The van der Waals surface area contributed by atoms with E-state index >= 15 is 0 Å². The number of hydrogen-bond acceptors (Lipinski definition) is 3. The minimum Gasteiger partial charge on any atom is -0.314 e. The van der Waals surface area contributed by atoms with Crippen LogP contribution < -0.4 is 5.32 Å². The van der Waals surface area contributed by atoms with Crippen LogP contribution in [0.4, 0.5) is 0 Å². The van der Waals surface area contributed by atoms with E-state index in [1.54, 1.807) is 0 Å². The summed E-state index contributed by atoms with van der Waals surface area (Å²) in [5, 5.41) is 3.40. The SMILES string of the molecule is C=C(CC1CCN(CC)C1)CN1CCNCC1. The Kier molecular flexibility index (Phi) is 5.01.